The number of aliphatic hydroxyl groups is 2. The van der Waals surface area contributed by atoms with E-state index in [-0.39, 0.29) is 77.1 Å². The van der Waals surface area contributed by atoms with Crippen molar-refractivity contribution >= 4 is 51.2 Å². The van der Waals surface area contributed by atoms with Gasteiger partial charge in [-0.15, -0.1) is 0 Å². The summed E-state index contributed by atoms with van der Waals surface area (Å²) in [5, 5.41) is 31.6. The summed E-state index contributed by atoms with van der Waals surface area (Å²) >= 11 is 0. The van der Waals surface area contributed by atoms with E-state index in [0.717, 1.165) is 167 Å². The number of allylic oxidation sites excluding steroid dienone is 4. The maximum absolute atomic E-state index is 13.7. The fourth-order valence-electron chi connectivity index (χ4n) is 11.2. The van der Waals surface area contributed by atoms with E-state index >= 15 is 0 Å². The van der Waals surface area contributed by atoms with Crippen molar-refractivity contribution in [3.05, 3.63) is 24.3 Å². The van der Waals surface area contributed by atoms with Gasteiger partial charge in [0.1, 0.15) is 18.6 Å². The third-order valence-electron chi connectivity index (χ3n) is 17.4. The summed E-state index contributed by atoms with van der Waals surface area (Å²) < 4.78 is 70.5. The van der Waals surface area contributed by atoms with Crippen molar-refractivity contribution in [2.24, 2.45) is 0 Å². The van der Waals surface area contributed by atoms with E-state index in [1.807, 2.05) is 0 Å². The van der Waals surface area contributed by atoms with E-state index < -0.39 is 109 Å². The molecule has 8 atom stereocenters. The number of carbonyl (C=O) groups is 6. The second-order valence-corrected chi connectivity index (χ2v) is 30.4. The fourth-order valence-corrected chi connectivity index (χ4v) is 12.8. The molecule has 0 aliphatic carbocycles. The molecular weight excluding hydrogens is 1360 g/mol. The highest BCUT2D eigenvalue weighted by molar-refractivity contribution is 7.47. The van der Waals surface area contributed by atoms with Crippen LogP contribution < -0.4 is 21.3 Å². The molecule has 0 fully saturated rings. The van der Waals surface area contributed by atoms with Crippen molar-refractivity contribution < 1.29 is 94.9 Å². The van der Waals surface area contributed by atoms with Crippen LogP contribution in [0.25, 0.3) is 0 Å². The smallest absolute Gasteiger partial charge is 0.462 e. The maximum Gasteiger partial charge on any atom is 0.472 e. The summed E-state index contributed by atoms with van der Waals surface area (Å²) in [6, 6.07) is -1.92. The van der Waals surface area contributed by atoms with Crippen molar-refractivity contribution in [3.8, 4) is 0 Å². The van der Waals surface area contributed by atoms with E-state index in [1.165, 1.54) is 38.5 Å². The van der Waals surface area contributed by atoms with Crippen LogP contribution in [0.15, 0.2) is 24.3 Å². The molecule has 0 aliphatic rings. The van der Waals surface area contributed by atoms with Gasteiger partial charge in [-0.25, -0.2) is 9.13 Å². The van der Waals surface area contributed by atoms with Crippen LogP contribution in [0.3, 0.4) is 0 Å². The number of nitrogens with one attached hydrogen (secondary N) is 4. The topological polar surface area (TPSA) is 339 Å². The molecule has 4 unspecified atom stereocenters. The minimum atomic E-state index is -4.81. The first-order chi connectivity index (χ1) is 49.7. The first kappa shape index (κ1) is 99.4. The number of unbranched alkanes of at least 4 members (excludes halogenated alkanes) is 26. The summed E-state index contributed by atoms with van der Waals surface area (Å²) in [5.41, 5.74) is 0. The number of phosphoric acid groups is 2. The summed E-state index contributed by atoms with van der Waals surface area (Å²) in [6.07, 6.45) is 42.6. The van der Waals surface area contributed by atoms with Gasteiger partial charge in [-0.2, -0.15) is 0 Å². The lowest BCUT2D eigenvalue weighted by molar-refractivity contribution is -0.152. The van der Waals surface area contributed by atoms with Gasteiger partial charge in [0.25, 0.3) is 0 Å². The molecule has 0 spiro atoms. The number of amides is 4. The molecule has 0 saturated heterocycles. The molecule has 0 heterocycles. The highest BCUT2D eigenvalue weighted by Crippen LogP contribution is 2.44. The Bertz CT molecular complexity index is 2100. The third-order valence-corrected chi connectivity index (χ3v) is 19.3. The number of rotatable bonds is 76. The Morgan fingerprint density at radius 1 is 0.359 bits per heavy atom. The Labute approximate surface area is 621 Å². The Morgan fingerprint density at radius 3 is 1.01 bits per heavy atom. The van der Waals surface area contributed by atoms with Gasteiger partial charge in [-0.05, 0) is 103 Å². The Balaban J connectivity index is 5.62. The van der Waals surface area contributed by atoms with Gasteiger partial charge in [-0.3, -0.25) is 46.9 Å². The number of hydrogen-bond acceptors (Lipinski definition) is 18. The zero-order valence-electron chi connectivity index (χ0n) is 64.9. The molecular formula is C77H146N4O20P2. The minimum absolute atomic E-state index is 0.143. The summed E-state index contributed by atoms with van der Waals surface area (Å²) in [7, 11) is -9.61. The van der Waals surface area contributed by atoms with Crippen molar-refractivity contribution in [2.75, 3.05) is 65.9 Å². The molecule has 0 saturated carbocycles. The van der Waals surface area contributed by atoms with Crippen LogP contribution >= 0.6 is 15.6 Å². The van der Waals surface area contributed by atoms with Crippen LogP contribution in [0.2, 0.25) is 0 Å². The predicted molar refractivity (Wildman–Crippen MR) is 407 cm³/mol. The molecule has 0 aromatic heterocycles. The van der Waals surface area contributed by atoms with E-state index in [4.69, 9.17) is 37.0 Å². The molecule has 26 heteroatoms. The summed E-state index contributed by atoms with van der Waals surface area (Å²) in [4.78, 5) is 100. The predicted octanol–water partition coefficient (Wildman–Crippen LogP) is 15.8. The van der Waals surface area contributed by atoms with Gasteiger partial charge in [0, 0.05) is 39.1 Å². The van der Waals surface area contributed by atoms with E-state index in [0.29, 0.717) is 51.4 Å². The van der Waals surface area contributed by atoms with Crippen molar-refractivity contribution in [3.63, 3.8) is 0 Å². The number of phosphoric ester groups is 2. The van der Waals surface area contributed by atoms with Gasteiger partial charge in [-0.1, -0.05) is 220 Å². The zero-order valence-corrected chi connectivity index (χ0v) is 66.7. The van der Waals surface area contributed by atoms with E-state index in [2.05, 4.69) is 87.1 Å². The second kappa shape index (κ2) is 70.1. The second-order valence-electron chi connectivity index (χ2n) is 27.5. The molecule has 24 nitrogen and oxygen atoms in total. The van der Waals surface area contributed by atoms with E-state index in [9.17, 15) is 57.9 Å². The Kier molecular flexibility index (Phi) is 67.6. The molecule has 4 amide bonds. The Morgan fingerprint density at radius 2 is 0.670 bits per heavy atom. The minimum Gasteiger partial charge on any atom is -0.462 e. The van der Waals surface area contributed by atoms with Crippen LogP contribution in [0, 0.1) is 0 Å². The quantitative estimate of drug-likeness (QED) is 0.00922. The zero-order chi connectivity index (χ0) is 76.1. The lowest BCUT2D eigenvalue weighted by atomic mass is 10.1. The molecule has 103 heavy (non-hydrogen) atoms. The number of ether oxygens (including phenoxy) is 4. The SMILES string of the molecule is CCCCCCC=CCCCC(=O)O[C@H](CCCCCCC)CC(=O)NC(COCC[C@H](O)CCCCCCC)COP(=O)(O)OCCNC(=O)CC(=O)NCCOP(=O)(O)OCC(COCC[C@H](O)CCCCCCC)NC(=O)C[C@@H](CCCCCCC)OC(=O)CCCC=CCCCCCC. The molecule has 604 valence electrons. The van der Waals surface area contributed by atoms with Gasteiger partial charge in [0.05, 0.1) is 76.8 Å². The molecule has 0 aromatic carbocycles. The molecule has 8 N–H and O–H groups in total. The van der Waals surface area contributed by atoms with Gasteiger partial charge in [0.15, 0.2) is 0 Å². The lowest BCUT2D eigenvalue weighted by Crippen LogP contribution is -2.43. The molecule has 0 rings (SSSR count). The molecule has 0 bridgehead atoms. The average Bonchev–Trinajstić information content (AvgIpc) is 0.922. The van der Waals surface area contributed by atoms with E-state index in [1.54, 1.807) is 0 Å². The van der Waals surface area contributed by atoms with Crippen LogP contribution in [0.4, 0.5) is 0 Å². The highest BCUT2D eigenvalue weighted by atomic mass is 31.2. The third kappa shape index (κ3) is 67.5. The van der Waals surface area contributed by atoms with Crippen LogP contribution in [-0.4, -0.2) is 158 Å². The van der Waals surface area contributed by atoms with Gasteiger partial charge in [0.2, 0.25) is 23.6 Å². The molecule has 0 aromatic rings. The largest absolute Gasteiger partial charge is 0.472 e. The normalized spacial score (nSPS) is 14.7. The number of aliphatic hydroxyl groups excluding tert-OH is 2. The molecule has 0 aliphatic heterocycles. The van der Waals surface area contributed by atoms with Crippen LogP contribution in [-0.2, 0) is 74.9 Å². The van der Waals surface area contributed by atoms with Crippen molar-refractivity contribution in [1.29, 1.82) is 0 Å². The standard InChI is InChI=1S/C77H146N4O20P2/c1-7-13-19-25-27-29-31-37-43-49-76(88)100-70(47-41-35-23-17-11-5)59-74(86)80-66(62-94-55-51-68(82)45-39-33-21-15-9-3)64-98-102(90,91)96-57-53-78-72(84)61-73(85)79-54-58-97-103(92,93)99-65-67(63-95-56-52-69(83)46-40-34-22-16-10-4)81-75(87)60-71(48-42-36-24-18-12-6)101-77(89)50-44-38-32-30-28-26-20-14-8-2/h29-32,66-71,82-83H,7-28,33-65H2,1-6H3,(H,78,84)(H,79,85)(H,80,86)(H,81,87)(H,90,91)(H,92,93)/t66?,67?,68-,69-,70-,71-/m1/s1. The van der Waals surface area contributed by atoms with Crippen molar-refractivity contribution in [1.82, 2.24) is 21.3 Å². The monoisotopic (exact) mass is 1510 g/mol. The van der Waals surface area contributed by atoms with Crippen LogP contribution in [0.5, 0.6) is 0 Å². The molecule has 0 radical (unpaired) electrons. The fraction of sp³-hybridized carbons (Fsp3) is 0.870. The number of esters is 2. The van der Waals surface area contributed by atoms with Crippen LogP contribution in [0.1, 0.15) is 330 Å². The number of hydrogen-bond donors (Lipinski definition) is 8. The first-order valence-electron chi connectivity index (χ1n) is 40.3. The van der Waals surface area contributed by atoms with Crippen molar-refractivity contribution in [2.45, 2.75) is 367 Å². The summed E-state index contributed by atoms with van der Waals surface area (Å²) in [5.74, 6) is -3.31. The van der Waals surface area contributed by atoms with Gasteiger partial charge < -0.3 is 60.2 Å². The average molecular weight is 1510 g/mol. The number of carbonyl (C=O) groups excluding carboxylic acids is 6. The lowest BCUT2D eigenvalue weighted by Gasteiger charge is -2.23. The Hall–Kier alpha value is -3.64. The highest BCUT2D eigenvalue weighted by Gasteiger charge is 2.29. The first-order valence-corrected chi connectivity index (χ1v) is 43.3. The summed E-state index contributed by atoms with van der Waals surface area (Å²) in [6.45, 7) is 10.2. The maximum atomic E-state index is 13.7. The van der Waals surface area contributed by atoms with Gasteiger partial charge >= 0.3 is 27.6 Å².